The van der Waals surface area contributed by atoms with E-state index in [-0.39, 0.29) is 5.82 Å². The standard InChI is InChI=1S/C15H21FN2/c1-18(10-11-2-4-12(16)5-3-11)15-8-13-6-7-14(9-15)17-13/h2-5,13-15,17H,6-10H2,1H3. The molecule has 3 heteroatoms. The van der Waals surface area contributed by atoms with Crippen molar-refractivity contribution in [3.63, 3.8) is 0 Å². The molecule has 0 radical (unpaired) electrons. The van der Waals surface area contributed by atoms with Crippen LogP contribution in [-0.2, 0) is 6.54 Å². The number of fused-ring (bicyclic) bond motifs is 2. The summed E-state index contributed by atoms with van der Waals surface area (Å²) in [7, 11) is 2.19. The molecule has 0 aliphatic carbocycles. The number of nitrogens with one attached hydrogen (secondary N) is 1. The van der Waals surface area contributed by atoms with Gasteiger partial charge in [-0.15, -0.1) is 0 Å². The predicted octanol–water partition coefficient (Wildman–Crippen LogP) is 2.54. The Balaban J connectivity index is 1.61. The zero-order valence-electron chi connectivity index (χ0n) is 10.9. The predicted molar refractivity (Wildman–Crippen MR) is 70.8 cm³/mol. The molecule has 1 aromatic rings. The Morgan fingerprint density at radius 2 is 1.78 bits per heavy atom. The number of piperidine rings is 1. The fourth-order valence-corrected chi connectivity index (χ4v) is 3.39. The summed E-state index contributed by atoms with van der Waals surface area (Å²) in [6.07, 6.45) is 5.19. The average molecular weight is 248 g/mol. The van der Waals surface area contributed by atoms with Crippen LogP contribution in [0.5, 0.6) is 0 Å². The molecule has 2 saturated heterocycles. The van der Waals surface area contributed by atoms with Crippen molar-refractivity contribution in [1.82, 2.24) is 10.2 Å². The van der Waals surface area contributed by atoms with Gasteiger partial charge >= 0.3 is 0 Å². The monoisotopic (exact) mass is 248 g/mol. The van der Waals surface area contributed by atoms with Gasteiger partial charge in [-0.3, -0.25) is 4.90 Å². The molecule has 2 heterocycles. The van der Waals surface area contributed by atoms with E-state index < -0.39 is 0 Å². The molecule has 2 bridgehead atoms. The van der Waals surface area contributed by atoms with E-state index in [0.717, 1.165) is 18.6 Å². The molecule has 98 valence electrons. The van der Waals surface area contributed by atoms with Gasteiger partial charge in [0.2, 0.25) is 0 Å². The number of rotatable bonds is 3. The van der Waals surface area contributed by atoms with Crippen LogP contribution in [0.2, 0.25) is 0 Å². The summed E-state index contributed by atoms with van der Waals surface area (Å²) in [5, 5.41) is 3.67. The number of hydrogen-bond acceptors (Lipinski definition) is 2. The molecule has 2 aliphatic rings. The van der Waals surface area contributed by atoms with Gasteiger partial charge in [0.25, 0.3) is 0 Å². The molecule has 0 amide bonds. The topological polar surface area (TPSA) is 15.3 Å². The van der Waals surface area contributed by atoms with Crippen molar-refractivity contribution in [2.45, 2.75) is 50.4 Å². The van der Waals surface area contributed by atoms with Crippen molar-refractivity contribution < 1.29 is 4.39 Å². The van der Waals surface area contributed by atoms with Crippen molar-refractivity contribution in [1.29, 1.82) is 0 Å². The highest BCUT2D eigenvalue weighted by Gasteiger charge is 2.34. The quantitative estimate of drug-likeness (QED) is 0.884. The zero-order valence-corrected chi connectivity index (χ0v) is 10.9. The summed E-state index contributed by atoms with van der Waals surface area (Å²) >= 11 is 0. The van der Waals surface area contributed by atoms with Crippen LogP contribution in [0.25, 0.3) is 0 Å². The van der Waals surface area contributed by atoms with Gasteiger partial charge in [-0.25, -0.2) is 4.39 Å². The second-order valence-electron chi connectivity index (χ2n) is 5.80. The van der Waals surface area contributed by atoms with Crippen LogP contribution in [0, 0.1) is 5.82 Å². The first-order valence-corrected chi connectivity index (χ1v) is 6.91. The Morgan fingerprint density at radius 3 is 2.39 bits per heavy atom. The number of hydrogen-bond donors (Lipinski definition) is 1. The lowest BCUT2D eigenvalue weighted by molar-refractivity contribution is 0.166. The normalized spacial score (nSPS) is 30.9. The maximum Gasteiger partial charge on any atom is 0.123 e. The van der Waals surface area contributed by atoms with Gasteiger partial charge < -0.3 is 5.32 Å². The van der Waals surface area contributed by atoms with Crippen molar-refractivity contribution in [3.8, 4) is 0 Å². The average Bonchev–Trinajstić information content (AvgIpc) is 2.71. The molecule has 2 unspecified atom stereocenters. The molecule has 0 aromatic heterocycles. The zero-order chi connectivity index (χ0) is 12.5. The molecule has 3 rings (SSSR count). The van der Waals surface area contributed by atoms with Crippen LogP contribution in [0.15, 0.2) is 24.3 Å². The first kappa shape index (κ1) is 12.1. The number of halogens is 1. The summed E-state index contributed by atoms with van der Waals surface area (Å²) in [5.74, 6) is -0.152. The van der Waals surface area contributed by atoms with E-state index in [2.05, 4.69) is 17.3 Å². The Hall–Kier alpha value is -0.930. The summed E-state index contributed by atoms with van der Waals surface area (Å²) in [6.45, 7) is 0.921. The summed E-state index contributed by atoms with van der Waals surface area (Å²) in [5.41, 5.74) is 1.20. The van der Waals surface area contributed by atoms with Crippen LogP contribution in [0.4, 0.5) is 4.39 Å². The lowest BCUT2D eigenvalue weighted by atomic mass is 9.98. The molecule has 1 N–H and O–H groups in total. The third-order valence-corrected chi connectivity index (χ3v) is 4.42. The van der Waals surface area contributed by atoms with E-state index in [4.69, 9.17) is 0 Å². The smallest absolute Gasteiger partial charge is 0.123 e. The van der Waals surface area contributed by atoms with Crippen LogP contribution in [0.1, 0.15) is 31.2 Å². The molecule has 2 atom stereocenters. The van der Waals surface area contributed by atoms with Crippen molar-refractivity contribution in [3.05, 3.63) is 35.6 Å². The summed E-state index contributed by atoms with van der Waals surface area (Å²) in [4.78, 5) is 2.43. The van der Waals surface area contributed by atoms with E-state index in [1.165, 1.54) is 31.2 Å². The number of nitrogens with zero attached hydrogens (tertiary/aromatic N) is 1. The second-order valence-corrected chi connectivity index (χ2v) is 5.80. The van der Waals surface area contributed by atoms with Crippen LogP contribution in [-0.4, -0.2) is 30.1 Å². The maximum absolute atomic E-state index is 12.9. The fourth-order valence-electron chi connectivity index (χ4n) is 3.39. The van der Waals surface area contributed by atoms with E-state index >= 15 is 0 Å². The molecular formula is C15H21FN2. The lowest BCUT2D eigenvalue weighted by Gasteiger charge is -2.35. The Labute approximate surface area is 108 Å². The maximum atomic E-state index is 12.9. The van der Waals surface area contributed by atoms with Crippen molar-refractivity contribution >= 4 is 0 Å². The third-order valence-electron chi connectivity index (χ3n) is 4.42. The minimum atomic E-state index is -0.152. The molecular weight excluding hydrogens is 227 g/mol. The third kappa shape index (κ3) is 2.57. The molecule has 2 nitrogen and oxygen atoms in total. The van der Waals surface area contributed by atoms with Gasteiger partial charge in [-0.2, -0.15) is 0 Å². The van der Waals surface area contributed by atoms with Gasteiger partial charge in [0.1, 0.15) is 5.82 Å². The largest absolute Gasteiger partial charge is 0.311 e. The molecule has 0 spiro atoms. The van der Waals surface area contributed by atoms with E-state index in [1.54, 1.807) is 12.1 Å². The Kier molecular flexibility index (Phi) is 3.35. The second kappa shape index (κ2) is 4.98. The van der Waals surface area contributed by atoms with Gasteiger partial charge in [0.05, 0.1) is 0 Å². The SMILES string of the molecule is CN(Cc1ccc(F)cc1)C1CC2CCC(C1)N2. The van der Waals surface area contributed by atoms with Crippen molar-refractivity contribution in [2.75, 3.05) is 7.05 Å². The minimum absolute atomic E-state index is 0.152. The fraction of sp³-hybridized carbons (Fsp3) is 0.600. The highest BCUT2D eigenvalue weighted by molar-refractivity contribution is 5.16. The Morgan fingerprint density at radius 1 is 1.17 bits per heavy atom. The molecule has 18 heavy (non-hydrogen) atoms. The molecule has 2 aliphatic heterocycles. The van der Waals surface area contributed by atoms with Gasteiger partial charge in [-0.1, -0.05) is 12.1 Å². The van der Waals surface area contributed by atoms with Crippen LogP contribution < -0.4 is 5.32 Å². The Bertz CT molecular complexity index is 391. The van der Waals surface area contributed by atoms with E-state index in [1.807, 2.05) is 12.1 Å². The van der Waals surface area contributed by atoms with Crippen LogP contribution in [0.3, 0.4) is 0 Å². The van der Waals surface area contributed by atoms with E-state index in [0.29, 0.717) is 6.04 Å². The van der Waals surface area contributed by atoms with E-state index in [9.17, 15) is 4.39 Å². The van der Waals surface area contributed by atoms with Crippen LogP contribution >= 0.6 is 0 Å². The summed E-state index contributed by atoms with van der Waals surface area (Å²) in [6, 6.07) is 9.01. The highest BCUT2D eigenvalue weighted by atomic mass is 19.1. The molecule has 0 saturated carbocycles. The van der Waals surface area contributed by atoms with Gasteiger partial charge in [-0.05, 0) is 50.4 Å². The molecule has 2 fully saturated rings. The summed E-state index contributed by atoms with van der Waals surface area (Å²) < 4.78 is 12.9. The van der Waals surface area contributed by atoms with Crippen molar-refractivity contribution in [2.24, 2.45) is 0 Å². The lowest BCUT2D eigenvalue weighted by Crippen LogP contribution is -2.46. The highest BCUT2D eigenvalue weighted by Crippen LogP contribution is 2.29. The first-order valence-electron chi connectivity index (χ1n) is 6.91. The number of benzene rings is 1. The van der Waals surface area contributed by atoms with Gasteiger partial charge in [0.15, 0.2) is 0 Å². The van der Waals surface area contributed by atoms with Gasteiger partial charge in [0, 0.05) is 24.7 Å². The minimum Gasteiger partial charge on any atom is -0.311 e. The molecule has 1 aromatic carbocycles. The first-order chi connectivity index (χ1) is 8.70.